The molecule has 0 aromatic heterocycles. The van der Waals surface area contributed by atoms with Gasteiger partial charge >= 0.3 is 0 Å². The topological polar surface area (TPSA) is 12.4 Å². The highest BCUT2D eigenvalue weighted by Crippen LogP contribution is 2.22. The van der Waals surface area contributed by atoms with Crippen molar-refractivity contribution in [3.05, 3.63) is 34.9 Å². The standard InChI is InChI=1S/C10H10IN/c1-7-3-2-4-9-8(7)5-6-12-10(9)11/h2-4H,5-6H2,1H3. The molecule has 0 spiro atoms. The molecule has 0 radical (unpaired) electrons. The minimum atomic E-state index is 0.954. The molecule has 1 aliphatic rings. The summed E-state index contributed by atoms with van der Waals surface area (Å²) in [5.74, 6) is 0. The number of benzene rings is 1. The first-order chi connectivity index (χ1) is 5.79. The highest BCUT2D eigenvalue weighted by Gasteiger charge is 2.12. The minimum Gasteiger partial charge on any atom is -0.278 e. The van der Waals surface area contributed by atoms with E-state index in [2.05, 4.69) is 52.7 Å². The van der Waals surface area contributed by atoms with Gasteiger partial charge in [0, 0.05) is 12.1 Å². The molecule has 0 unspecified atom stereocenters. The number of nitrogens with zero attached hydrogens (tertiary/aromatic N) is 1. The van der Waals surface area contributed by atoms with E-state index in [1.165, 1.54) is 16.7 Å². The monoisotopic (exact) mass is 271 g/mol. The van der Waals surface area contributed by atoms with E-state index in [0.29, 0.717) is 0 Å². The Balaban J connectivity index is 2.62. The maximum absolute atomic E-state index is 4.42. The number of fused-ring (bicyclic) bond motifs is 1. The predicted molar refractivity (Wildman–Crippen MR) is 60.3 cm³/mol. The second-order valence-corrected chi connectivity index (χ2v) is 4.05. The molecule has 0 aliphatic carbocycles. The van der Waals surface area contributed by atoms with Crippen LogP contribution in [0, 0.1) is 6.92 Å². The van der Waals surface area contributed by atoms with Crippen LogP contribution in [0.15, 0.2) is 23.2 Å². The molecule has 0 bridgehead atoms. The summed E-state index contributed by atoms with van der Waals surface area (Å²) in [5.41, 5.74) is 4.22. The smallest absolute Gasteiger partial charge is 0.103 e. The summed E-state index contributed by atoms with van der Waals surface area (Å²) in [6, 6.07) is 6.44. The number of aliphatic imine (C=N–C) groups is 1. The van der Waals surface area contributed by atoms with Crippen molar-refractivity contribution in [1.29, 1.82) is 0 Å². The average Bonchev–Trinajstić information content (AvgIpc) is 2.07. The van der Waals surface area contributed by atoms with Gasteiger partial charge in [0.25, 0.3) is 0 Å². The Morgan fingerprint density at radius 3 is 3.00 bits per heavy atom. The van der Waals surface area contributed by atoms with Crippen LogP contribution >= 0.6 is 22.6 Å². The molecule has 0 saturated carbocycles. The molecule has 0 saturated heterocycles. The minimum absolute atomic E-state index is 0.954. The van der Waals surface area contributed by atoms with Crippen LogP contribution in [0.2, 0.25) is 0 Å². The van der Waals surface area contributed by atoms with Crippen molar-refractivity contribution in [2.24, 2.45) is 4.99 Å². The van der Waals surface area contributed by atoms with Crippen molar-refractivity contribution in [3.63, 3.8) is 0 Å². The number of halogens is 1. The van der Waals surface area contributed by atoms with Gasteiger partial charge < -0.3 is 0 Å². The van der Waals surface area contributed by atoms with Gasteiger partial charge in [-0.1, -0.05) is 18.2 Å². The lowest BCUT2D eigenvalue weighted by molar-refractivity contribution is 0.940. The number of rotatable bonds is 0. The zero-order valence-corrected chi connectivity index (χ0v) is 9.13. The van der Waals surface area contributed by atoms with Crippen molar-refractivity contribution >= 4 is 26.3 Å². The van der Waals surface area contributed by atoms with Crippen LogP contribution in [-0.2, 0) is 6.42 Å². The number of hydrogen-bond acceptors (Lipinski definition) is 1. The van der Waals surface area contributed by atoms with Crippen LogP contribution in [-0.4, -0.2) is 10.3 Å². The van der Waals surface area contributed by atoms with Gasteiger partial charge in [0.15, 0.2) is 0 Å². The molecule has 2 heteroatoms. The summed E-state index contributed by atoms with van der Waals surface area (Å²) in [6.45, 7) is 3.13. The van der Waals surface area contributed by atoms with Gasteiger partial charge in [-0.05, 0) is 47.1 Å². The number of hydrogen-bond donors (Lipinski definition) is 0. The van der Waals surface area contributed by atoms with E-state index in [1.807, 2.05) is 0 Å². The SMILES string of the molecule is Cc1cccc2c1CCN=C2I. The van der Waals surface area contributed by atoms with E-state index in [-0.39, 0.29) is 0 Å². The van der Waals surface area contributed by atoms with Crippen molar-refractivity contribution in [3.8, 4) is 0 Å². The molecule has 12 heavy (non-hydrogen) atoms. The van der Waals surface area contributed by atoms with Gasteiger partial charge in [-0.25, -0.2) is 0 Å². The Hall–Kier alpha value is -0.380. The van der Waals surface area contributed by atoms with E-state index < -0.39 is 0 Å². The molecule has 1 aromatic carbocycles. The molecular weight excluding hydrogens is 261 g/mol. The summed E-state index contributed by atoms with van der Waals surface area (Å²) < 4.78 is 1.16. The largest absolute Gasteiger partial charge is 0.278 e. The van der Waals surface area contributed by atoms with Crippen molar-refractivity contribution in [1.82, 2.24) is 0 Å². The summed E-state index contributed by atoms with van der Waals surface area (Å²) in [7, 11) is 0. The molecular formula is C10H10IN. The van der Waals surface area contributed by atoms with Gasteiger partial charge in [0.05, 0.1) is 0 Å². The van der Waals surface area contributed by atoms with Gasteiger partial charge in [-0.3, -0.25) is 4.99 Å². The van der Waals surface area contributed by atoms with Gasteiger partial charge in [-0.15, -0.1) is 0 Å². The second-order valence-electron chi connectivity index (χ2n) is 3.02. The molecule has 0 N–H and O–H groups in total. The molecule has 1 aliphatic heterocycles. The first-order valence-corrected chi connectivity index (χ1v) is 5.16. The van der Waals surface area contributed by atoms with Crippen LogP contribution in [0.5, 0.6) is 0 Å². The van der Waals surface area contributed by atoms with Gasteiger partial charge in [-0.2, -0.15) is 0 Å². The van der Waals surface area contributed by atoms with E-state index in [0.717, 1.165) is 16.7 Å². The number of aryl methyl sites for hydroxylation is 1. The third-order valence-electron chi connectivity index (χ3n) is 2.24. The van der Waals surface area contributed by atoms with Gasteiger partial charge in [0.1, 0.15) is 3.72 Å². The third-order valence-corrected chi connectivity index (χ3v) is 3.17. The Morgan fingerprint density at radius 1 is 1.42 bits per heavy atom. The molecule has 62 valence electrons. The molecule has 0 amide bonds. The highest BCUT2D eigenvalue weighted by molar-refractivity contribution is 14.1. The normalized spacial score (nSPS) is 15.3. The summed E-state index contributed by atoms with van der Waals surface area (Å²) in [6.07, 6.45) is 1.11. The molecule has 1 aromatic rings. The van der Waals surface area contributed by atoms with Crippen LogP contribution in [0.25, 0.3) is 0 Å². The molecule has 2 rings (SSSR count). The molecule has 1 nitrogen and oxygen atoms in total. The maximum atomic E-state index is 4.42. The lowest BCUT2D eigenvalue weighted by atomic mass is 9.98. The Labute approximate surface area is 86.0 Å². The summed E-state index contributed by atoms with van der Waals surface area (Å²) in [5, 5.41) is 0. The third kappa shape index (κ3) is 1.28. The molecule has 1 heterocycles. The first-order valence-electron chi connectivity index (χ1n) is 4.08. The Kier molecular flexibility index (Phi) is 2.17. The van der Waals surface area contributed by atoms with Gasteiger partial charge in [0.2, 0.25) is 0 Å². The van der Waals surface area contributed by atoms with E-state index in [9.17, 15) is 0 Å². The molecule has 0 fully saturated rings. The van der Waals surface area contributed by atoms with E-state index in [4.69, 9.17) is 0 Å². The zero-order valence-electron chi connectivity index (χ0n) is 6.97. The van der Waals surface area contributed by atoms with Crippen LogP contribution in [0.3, 0.4) is 0 Å². The first kappa shape index (κ1) is 8.23. The van der Waals surface area contributed by atoms with Crippen LogP contribution < -0.4 is 0 Å². The second kappa shape index (κ2) is 3.17. The fraction of sp³-hybridized carbons (Fsp3) is 0.300. The lowest BCUT2D eigenvalue weighted by Gasteiger charge is -2.14. The van der Waals surface area contributed by atoms with Crippen molar-refractivity contribution < 1.29 is 0 Å². The summed E-state index contributed by atoms with van der Waals surface area (Å²) >= 11 is 2.31. The fourth-order valence-electron chi connectivity index (χ4n) is 1.58. The van der Waals surface area contributed by atoms with Crippen molar-refractivity contribution in [2.45, 2.75) is 13.3 Å². The lowest BCUT2D eigenvalue weighted by Crippen LogP contribution is -2.08. The highest BCUT2D eigenvalue weighted by atomic mass is 127. The summed E-state index contributed by atoms with van der Waals surface area (Å²) in [4.78, 5) is 4.42. The Morgan fingerprint density at radius 2 is 2.25 bits per heavy atom. The average molecular weight is 271 g/mol. The molecule has 0 atom stereocenters. The van der Waals surface area contributed by atoms with E-state index in [1.54, 1.807) is 0 Å². The quantitative estimate of drug-likeness (QED) is 0.643. The fourth-order valence-corrected chi connectivity index (χ4v) is 2.32. The maximum Gasteiger partial charge on any atom is 0.103 e. The Bertz CT molecular complexity index is 342. The van der Waals surface area contributed by atoms with E-state index >= 15 is 0 Å². The van der Waals surface area contributed by atoms with Crippen molar-refractivity contribution in [2.75, 3.05) is 6.54 Å². The predicted octanol–water partition coefficient (Wildman–Crippen LogP) is 2.73. The zero-order chi connectivity index (χ0) is 8.55. The van der Waals surface area contributed by atoms with Crippen LogP contribution in [0.4, 0.5) is 0 Å². The van der Waals surface area contributed by atoms with Crippen LogP contribution in [0.1, 0.15) is 16.7 Å².